The average Bonchev–Trinajstić information content (AvgIpc) is 3.52. The number of carbonyl (C=O) groups is 2. The fourth-order valence-corrected chi connectivity index (χ4v) is 4.18. The van der Waals surface area contributed by atoms with Crippen LogP contribution in [0, 0.1) is 6.92 Å². The van der Waals surface area contributed by atoms with Gasteiger partial charge >= 0.3 is 0 Å². The largest absolute Gasteiger partial charge is 0.464 e. The van der Waals surface area contributed by atoms with Gasteiger partial charge in [0.1, 0.15) is 11.5 Å². The van der Waals surface area contributed by atoms with Crippen LogP contribution in [-0.4, -0.2) is 65.3 Å². The molecule has 0 N–H and O–H groups in total. The molecule has 7 heteroatoms. The van der Waals surface area contributed by atoms with Crippen molar-refractivity contribution >= 4 is 23.4 Å². The molecule has 0 bridgehead atoms. The predicted octanol–water partition coefficient (Wildman–Crippen LogP) is 3.58. The highest BCUT2D eigenvalue weighted by atomic mass is 35.5. The van der Waals surface area contributed by atoms with Crippen molar-refractivity contribution in [2.75, 3.05) is 32.7 Å². The molecule has 30 heavy (non-hydrogen) atoms. The number of aryl methyl sites for hydroxylation is 1. The summed E-state index contributed by atoms with van der Waals surface area (Å²) in [5.41, 5.74) is 0.539. The van der Waals surface area contributed by atoms with Crippen LogP contribution in [0.1, 0.15) is 41.1 Å². The van der Waals surface area contributed by atoms with Crippen molar-refractivity contribution < 1.29 is 14.0 Å². The van der Waals surface area contributed by atoms with Gasteiger partial charge in [-0.05, 0) is 50.5 Å². The number of halogens is 1. The monoisotopic (exact) mass is 429 g/mol. The van der Waals surface area contributed by atoms with Gasteiger partial charge in [-0.1, -0.05) is 23.7 Å². The molecule has 1 aliphatic heterocycles. The van der Waals surface area contributed by atoms with E-state index in [-0.39, 0.29) is 11.8 Å². The summed E-state index contributed by atoms with van der Waals surface area (Å²) in [5.74, 6) is 1.79. The highest BCUT2D eigenvalue weighted by Crippen LogP contribution is 2.29. The Morgan fingerprint density at radius 3 is 2.60 bits per heavy atom. The van der Waals surface area contributed by atoms with E-state index in [2.05, 4.69) is 4.90 Å². The average molecular weight is 430 g/mol. The second-order valence-electron chi connectivity index (χ2n) is 8.17. The van der Waals surface area contributed by atoms with Crippen LogP contribution < -0.4 is 0 Å². The third-order valence-electron chi connectivity index (χ3n) is 5.77. The minimum absolute atomic E-state index is 0.0402. The zero-order valence-corrected chi connectivity index (χ0v) is 18.1. The van der Waals surface area contributed by atoms with Crippen LogP contribution in [0.4, 0.5) is 0 Å². The molecule has 0 unspecified atom stereocenters. The van der Waals surface area contributed by atoms with Gasteiger partial charge in [-0.3, -0.25) is 14.5 Å². The fraction of sp³-hybridized carbons (Fsp3) is 0.478. The third kappa shape index (κ3) is 5.05. The molecular weight excluding hydrogens is 402 g/mol. The van der Waals surface area contributed by atoms with E-state index in [0.717, 1.165) is 37.3 Å². The fourth-order valence-electron chi connectivity index (χ4n) is 3.96. The highest BCUT2D eigenvalue weighted by Gasteiger charge is 2.34. The van der Waals surface area contributed by atoms with Crippen LogP contribution in [0.3, 0.4) is 0 Å². The van der Waals surface area contributed by atoms with Crippen LogP contribution in [0.25, 0.3) is 0 Å². The molecule has 1 saturated heterocycles. The molecule has 2 heterocycles. The topological polar surface area (TPSA) is 57.0 Å². The normalized spacial score (nSPS) is 17.6. The van der Waals surface area contributed by atoms with Crippen LogP contribution >= 0.6 is 11.6 Å². The van der Waals surface area contributed by atoms with Crippen molar-refractivity contribution in [2.45, 2.75) is 38.8 Å². The van der Waals surface area contributed by atoms with E-state index in [1.807, 2.05) is 41.0 Å². The lowest BCUT2D eigenvalue weighted by Gasteiger charge is -2.26. The van der Waals surface area contributed by atoms with Gasteiger partial charge in [-0.2, -0.15) is 0 Å². The van der Waals surface area contributed by atoms with Gasteiger partial charge in [-0.15, -0.1) is 0 Å². The Kier molecular flexibility index (Phi) is 6.44. The number of amides is 2. The number of hydrogen-bond donors (Lipinski definition) is 0. The maximum atomic E-state index is 13.0. The lowest BCUT2D eigenvalue weighted by atomic mass is 10.2. The van der Waals surface area contributed by atoms with Crippen molar-refractivity contribution in [3.8, 4) is 0 Å². The van der Waals surface area contributed by atoms with Crippen LogP contribution in [0.5, 0.6) is 0 Å². The molecule has 0 radical (unpaired) electrons. The number of hydrogen-bond acceptors (Lipinski definition) is 4. The molecule has 1 aromatic heterocycles. The van der Waals surface area contributed by atoms with E-state index in [1.165, 1.54) is 0 Å². The van der Waals surface area contributed by atoms with E-state index >= 15 is 0 Å². The summed E-state index contributed by atoms with van der Waals surface area (Å²) in [6.45, 7) is 5.58. The van der Waals surface area contributed by atoms with E-state index in [1.54, 1.807) is 12.1 Å². The zero-order chi connectivity index (χ0) is 21.1. The molecular formula is C23H28ClN3O3. The Bertz CT molecular complexity index is 909. The number of benzene rings is 1. The van der Waals surface area contributed by atoms with Crippen molar-refractivity contribution in [1.82, 2.24) is 14.7 Å². The smallest absolute Gasteiger partial charge is 0.255 e. The Hall–Kier alpha value is -2.31. The predicted molar refractivity (Wildman–Crippen MR) is 115 cm³/mol. The molecule has 1 aliphatic carbocycles. The molecule has 1 saturated carbocycles. The first-order chi connectivity index (χ1) is 14.5. The molecule has 0 spiro atoms. The molecule has 6 nitrogen and oxygen atoms in total. The number of nitrogens with zero attached hydrogens (tertiary/aromatic N) is 3. The summed E-state index contributed by atoms with van der Waals surface area (Å²) in [5, 5.41) is 0.479. The number of furan rings is 1. The Morgan fingerprint density at radius 2 is 1.90 bits per heavy atom. The lowest BCUT2D eigenvalue weighted by molar-refractivity contribution is -0.133. The second kappa shape index (κ2) is 9.23. The highest BCUT2D eigenvalue weighted by molar-refractivity contribution is 6.33. The molecule has 2 fully saturated rings. The van der Waals surface area contributed by atoms with Gasteiger partial charge in [0, 0.05) is 32.2 Å². The number of carbonyl (C=O) groups excluding carboxylic acids is 2. The summed E-state index contributed by atoms with van der Waals surface area (Å²) in [4.78, 5) is 31.8. The van der Waals surface area contributed by atoms with Crippen molar-refractivity contribution in [1.29, 1.82) is 0 Å². The van der Waals surface area contributed by atoms with E-state index < -0.39 is 0 Å². The summed E-state index contributed by atoms with van der Waals surface area (Å²) in [6.07, 6.45) is 2.96. The minimum atomic E-state index is -0.0402. The van der Waals surface area contributed by atoms with Gasteiger partial charge < -0.3 is 14.2 Å². The molecule has 160 valence electrons. The lowest BCUT2D eigenvalue weighted by Crippen LogP contribution is -2.42. The SMILES string of the molecule is Cc1ccc(CN(C(=O)CN2CCCN(C(=O)c3ccccc3Cl)CC2)C2CC2)o1. The summed E-state index contributed by atoms with van der Waals surface area (Å²) >= 11 is 6.20. The minimum Gasteiger partial charge on any atom is -0.464 e. The van der Waals surface area contributed by atoms with Gasteiger partial charge in [0.05, 0.1) is 23.7 Å². The van der Waals surface area contributed by atoms with Crippen molar-refractivity contribution in [3.05, 3.63) is 58.5 Å². The van der Waals surface area contributed by atoms with Crippen LogP contribution in [0.2, 0.25) is 5.02 Å². The first-order valence-corrected chi connectivity index (χ1v) is 11.0. The number of rotatable bonds is 6. The van der Waals surface area contributed by atoms with Gasteiger partial charge in [0.15, 0.2) is 0 Å². The Balaban J connectivity index is 1.34. The van der Waals surface area contributed by atoms with Crippen molar-refractivity contribution in [3.63, 3.8) is 0 Å². The van der Waals surface area contributed by atoms with E-state index in [0.29, 0.717) is 49.4 Å². The van der Waals surface area contributed by atoms with E-state index in [4.69, 9.17) is 16.0 Å². The van der Waals surface area contributed by atoms with Crippen LogP contribution in [-0.2, 0) is 11.3 Å². The maximum Gasteiger partial charge on any atom is 0.255 e. The van der Waals surface area contributed by atoms with Crippen molar-refractivity contribution in [2.24, 2.45) is 0 Å². The third-order valence-corrected chi connectivity index (χ3v) is 6.10. The molecule has 4 rings (SSSR count). The molecule has 2 aromatic rings. The molecule has 0 atom stereocenters. The molecule has 2 aliphatic rings. The van der Waals surface area contributed by atoms with Gasteiger partial charge in [0.2, 0.25) is 5.91 Å². The van der Waals surface area contributed by atoms with Gasteiger partial charge in [-0.25, -0.2) is 0 Å². The van der Waals surface area contributed by atoms with E-state index in [9.17, 15) is 9.59 Å². The Labute approximate surface area is 182 Å². The Morgan fingerprint density at radius 1 is 1.10 bits per heavy atom. The molecule has 1 aromatic carbocycles. The summed E-state index contributed by atoms with van der Waals surface area (Å²) < 4.78 is 5.68. The first kappa shape index (κ1) is 20.9. The molecule has 2 amide bonds. The second-order valence-corrected chi connectivity index (χ2v) is 8.57. The van der Waals surface area contributed by atoms with Gasteiger partial charge in [0.25, 0.3) is 5.91 Å². The van der Waals surface area contributed by atoms with Crippen LogP contribution in [0.15, 0.2) is 40.8 Å². The first-order valence-electron chi connectivity index (χ1n) is 10.6. The maximum absolute atomic E-state index is 13.0. The summed E-state index contributed by atoms with van der Waals surface area (Å²) in [7, 11) is 0. The quantitative estimate of drug-likeness (QED) is 0.704. The summed E-state index contributed by atoms with van der Waals surface area (Å²) in [6, 6.07) is 11.4. The zero-order valence-electron chi connectivity index (χ0n) is 17.3. The standard InChI is InChI=1S/C23H28ClN3O3/c1-17-7-10-19(30-17)15-27(18-8-9-18)22(28)16-25-11-4-12-26(14-13-25)23(29)20-5-2-3-6-21(20)24/h2-3,5-7,10,18H,4,8-9,11-16H2,1H3.